The van der Waals surface area contributed by atoms with Crippen molar-refractivity contribution in [3.05, 3.63) is 0 Å². The van der Waals surface area contributed by atoms with E-state index >= 15 is 0 Å². The molecule has 0 radical (unpaired) electrons. The number of hydrogen-bond acceptors (Lipinski definition) is 0. The first kappa shape index (κ1) is 10.7. The minimum Gasteiger partial charge on any atom is -0.0620 e. The van der Waals surface area contributed by atoms with E-state index in [0.29, 0.717) is 0 Å². The Labute approximate surface area is 123 Å². The molecule has 0 amide bonds. The van der Waals surface area contributed by atoms with E-state index in [1.54, 1.807) is 0 Å². The standard InChI is InChI=1S/C20H28/c1-5-6(2)10-9(5)13-14(10)18-17(13)19-15-11-7(3)8(4)12(11)16(15)20(18)19/h5-20H,1-4H3. The maximum Gasteiger partial charge on any atom is -0.0312 e. The van der Waals surface area contributed by atoms with Gasteiger partial charge in [-0.2, -0.15) is 0 Å². The van der Waals surface area contributed by atoms with Crippen LogP contribution in [0.4, 0.5) is 0 Å². The summed E-state index contributed by atoms with van der Waals surface area (Å²) in [6.45, 7) is 10.2. The molecule has 0 aliphatic heterocycles. The van der Waals surface area contributed by atoms with E-state index < -0.39 is 0 Å². The molecule has 0 aromatic rings. The van der Waals surface area contributed by atoms with Crippen molar-refractivity contribution in [2.45, 2.75) is 27.7 Å². The molecule has 7 aliphatic rings. The van der Waals surface area contributed by atoms with Crippen LogP contribution in [0.5, 0.6) is 0 Å². The second-order valence-electron chi connectivity index (χ2n) is 10.4. The Morgan fingerprint density at radius 2 is 0.400 bits per heavy atom. The lowest BCUT2D eigenvalue weighted by molar-refractivity contribution is -0.467. The Hall–Kier alpha value is 0. The van der Waals surface area contributed by atoms with Gasteiger partial charge in [0.15, 0.2) is 0 Å². The molecule has 7 saturated carbocycles. The van der Waals surface area contributed by atoms with E-state index in [9.17, 15) is 0 Å². The molecule has 0 heterocycles. The van der Waals surface area contributed by atoms with Gasteiger partial charge >= 0.3 is 0 Å². The van der Waals surface area contributed by atoms with Crippen LogP contribution in [-0.2, 0) is 0 Å². The zero-order valence-electron chi connectivity index (χ0n) is 13.2. The van der Waals surface area contributed by atoms with Gasteiger partial charge in [0.2, 0.25) is 0 Å². The Bertz CT molecular complexity index is 432. The molecule has 0 spiro atoms. The van der Waals surface area contributed by atoms with Gasteiger partial charge in [-0.1, -0.05) is 27.7 Å². The molecular formula is C20H28. The lowest BCUT2D eigenvalue weighted by Gasteiger charge is -2.93. The molecule has 7 fully saturated rings. The third-order valence-corrected chi connectivity index (χ3v) is 11.2. The van der Waals surface area contributed by atoms with E-state index in [4.69, 9.17) is 0 Å². The Morgan fingerprint density at radius 1 is 0.250 bits per heavy atom. The number of fused-ring (bicyclic) bond motifs is 16. The molecule has 7 rings (SSSR count). The Morgan fingerprint density at radius 3 is 0.600 bits per heavy atom. The van der Waals surface area contributed by atoms with E-state index in [-0.39, 0.29) is 0 Å². The molecule has 0 bridgehead atoms. The quantitative estimate of drug-likeness (QED) is 0.582. The van der Waals surface area contributed by atoms with Crippen molar-refractivity contribution in [1.29, 1.82) is 0 Å². The molecular weight excluding hydrogens is 240 g/mol. The van der Waals surface area contributed by atoms with E-state index in [2.05, 4.69) is 27.7 Å². The minimum atomic E-state index is 1.08. The second-order valence-corrected chi connectivity index (χ2v) is 10.4. The molecule has 12 unspecified atom stereocenters. The van der Waals surface area contributed by atoms with E-state index in [1.807, 2.05) is 0 Å². The molecule has 0 N–H and O–H groups in total. The first-order chi connectivity index (χ1) is 9.64. The first-order valence-electron chi connectivity index (χ1n) is 9.64. The van der Waals surface area contributed by atoms with Crippen molar-refractivity contribution in [2.75, 3.05) is 0 Å². The summed E-state index contributed by atoms with van der Waals surface area (Å²) in [5.74, 6) is 19.1. The third kappa shape index (κ3) is 0.672. The minimum absolute atomic E-state index is 1.08. The second kappa shape index (κ2) is 2.67. The van der Waals surface area contributed by atoms with Gasteiger partial charge in [0.25, 0.3) is 0 Å². The van der Waals surface area contributed by atoms with Crippen molar-refractivity contribution in [2.24, 2.45) is 94.7 Å². The fraction of sp³-hybridized carbons (Fsp3) is 1.00. The van der Waals surface area contributed by atoms with Crippen LogP contribution < -0.4 is 0 Å². The van der Waals surface area contributed by atoms with Crippen LogP contribution >= 0.6 is 0 Å². The highest BCUT2D eigenvalue weighted by Gasteiger charge is 2.88. The van der Waals surface area contributed by atoms with Crippen LogP contribution in [0, 0.1) is 94.7 Å². The highest BCUT2D eigenvalue weighted by atomic mass is 14.9. The molecule has 20 heavy (non-hydrogen) atoms. The smallest absolute Gasteiger partial charge is 0.0312 e. The van der Waals surface area contributed by atoms with Crippen LogP contribution in [0.15, 0.2) is 0 Å². The molecule has 0 aromatic heterocycles. The first-order valence-corrected chi connectivity index (χ1v) is 9.64. The average molecular weight is 268 g/mol. The van der Waals surface area contributed by atoms with Gasteiger partial charge in [-0.15, -0.1) is 0 Å². The predicted molar refractivity (Wildman–Crippen MR) is 78.5 cm³/mol. The molecule has 108 valence electrons. The van der Waals surface area contributed by atoms with Gasteiger partial charge in [0, 0.05) is 0 Å². The molecule has 0 heteroatoms. The van der Waals surface area contributed by atoms with Gasteiger partial charge in [0.05, 0.1) is 0 Å². The average Bonchev–Trinajstić information content (AvgIpc) is 2.40. The van der Waals surface area contributed by atoms with Crippen molar-refractivity contribution < 1.29 is 0 Å². The highest BCUT2D eigenvalue weighted by Crippen LogP contribution is 2.92. The summed E-state index contributed by atoms with van der Waals surface area (Å²) in [6.07, 6.45) is 0. The molecule has 0 saturated heterocycles. The van der Waals surface area contributed by atoms with Gasteiger partial charge in [-0.25, -0.2) is 0 Å². The SMILES string of the molecule is CC1C(C)C2C1C1C2C2C1C1C3C4C(C)C(C)C4C3C21. The molecule has 12 atom stereocenters. The topological polar surface area (TPSA) is 0 Å². The van der Waals surface area contributed by atoms with Crippen molar-refractivity contribution >= 4 is 0 Å². The zero-order chi connectivity index (χ0) is 13.2. The molecule has 0 nitrogen and oxygen atoms in total. The highest BCUT2D eigenvalue weighted by molar-refractivity contribution is 5.35. The van der Waals surface area contributed by atoms with Crippen molar-refractivity contribution in [1.82, 2.24) is 0 Å². The summed E-state index contributed by atoms with van der Waals surface area (Å²) in [5, 5.41) is 0. The Balaban J connectivity index is 1.19. The largest absolute Gasteiger partial charge is 0.0620 e. The fourth-order valence-electron chi connectivity index (χ4n) is 10.4. The predicted octanol–water partition coefficient (Wildman–Crippen LogP) is 4.02. The Kier molecular flexibility index (Phi) is 1.43. The maximum absolute atomic E-state index is 2.56. The van der Waals surface area contributed by atoms with Gasteiger partial charge in [-0.3, -0.25) is 0 Å². The number of rotatable bonds is 0. The van der Waals surface area contributed by atoms with Gasteiger partial charge in [-0.05, 0) is 94.7 Å². The monoisotopic (exact) mass is 268 g/mol. The van der Waals surface area contributed by atoms with Crippen LogP contribution in [0.3, 0.4) is 0 Å². The van der Waals surface area contributed by atoms with Gasteiger partial charge < -0.3 is 0 Å². The van der Waals surface area contributed by atoms with Crippen LogP contribution in [0.25, 0.3) is 0 Å². The van der Waals surface area contributed by atoms with Crippen LogP contribution in [0.1, 0.15) is 27.7 Å². The van der Waals surface area contributed by atoms with E-state index in [0.717, 1.165) is 23.7 Å². The summed E-state index contributed by atoms with van der Waals surface area (Å²) in [5.41, 5.74) is 0. The summed E-state index contributed by atoms with van der Waals surface area (Å²) >= 11 is 0. The summed E-state index contributed by atoms with van der Waals surface area (Å²) < 4.78 is 0. The maximum atomic E-state index is 2.56. The van der Waals surface area contributed by atoms with Crippen molar-refractivity contribution in [3.8, 4) is 0 Å². The normalized spacial score (nSPS) is 87.0. The lowest BCUT2D eigenvalue weighted by Crippen LogP contribution is -2.90. The summed E-state index contributed by atoms with van der Waals surface area (Å²) in [4.78, 5) is 0. The molecule has 0 aromatic carbocycles. The lowest BCUT2D eigenvalue weighted by atomic mass is 9.11. The molecule has 7 aliphatic carbocycles. The number of hydrogen-bond donors (Lipinski definition) is 0. The van der Waals surface area contributed by atoms with Crippen molar-refractivity contribution in [3.63, 3.8) is 0 Å². The summed E-state index contributed by atoms with van der Waals surface area (Å²) in [6, 6.07) is 0. The van der Waals surface area contributed by atoms with Gasteiger partial charge in [0.1, 0.15) is 0 Å². The third-order valence-electron chi connectivity index (χ3n) is 11.2. The zero-order valence-corrected chi connectivity index (χ0v) is 13.2. The fourth-order valence-corrected chi connectivity index (χ4v) is 10.4. The summed E-state index contributed by atoms with van der Waals surface area (Å²) in [7, 11) is 0. The van der Waals surface area contributed by atoms with Crippen LogP contribution in [-0.4, -0.2) is 0 Å². The van der Waals surface area contributed by atoms with E-state index in [1.165, 1.54) is 71.0 Å². The van der Waals surface area contributed by atoms with Crippen LogP contribution in [0.2, 0.25) is 0 Å².